The van der Waals surface area contributed by atoms with Crippen LogP contribution in [0, 0.1) is 5.92 Å². The highest BCUT2D eigenvalue weighted by Crippen LogP contribution is 2.39. The number of nitrogens with zero attached hydrogens (tertiary/aromatic N) is 2. The van der Waals surface area contributed by atoms with Crippen LogP contribution in [0.4, 0.5) is 11.6 Å². The van der Waals surface area contributed by atoms with Gasteiger partial charge in [0.2, 0.25) is 0 Å². The van der Waals surface area contributed by atoms with Gasteiger partial charge in [0.1, 0.15) is 24.1 Å². The third-order valence-electron chi connectivity index (χ3n) is 7.86. The fourth-order valence-corrected chi connectivity index (χ4v) is 5.95. The van der Waals surface area contributed by atoms with E-state index in [1.807, 2.05) is 6.07 Å². The molecule has 3 unspecified atom stereocenters. The molecule has 1 fully saturated rings. The highest BCUT2D eigenvalue weighted by atomic mass is 28.4. The van der Waals surface area contributed by atoms with Gasteiger partial charge in [-0.25, -0.2) is 9.97 Å². The zero-order valence-electron chi connectivity index (χ0n) is 21.9. The molecule has 7 nitrogen and oxygen atoms in total. The summed E-state index contributed by atoms with van der Waals surface area (Å²) < 4.78 is 12.2. The summed E-state index contributed by atoms with van der Waals surface area (Å²) in [6.07, 6.45) is 5.18. The molecule has 1 aromatic carbocycles. The van der Waals surface area contributed by atoms with E-state index in [1.54, 1.807) is 6.33 Å². The Morgan fingerprint density at radius 2 is 1.83 bits per heavy atom. The summed E-state index contributed by atoms with van der Waals surface area (Å²) in [5.41, 5.74) is 2.74. The summed E-state index contributed by atoms with van der Waals surface area (Å²) in [6, 6.07) is 10.8. The number of esters is 1. The van der Waals surface area contributed by atoms with E-state index in [-0.39, 0.29) is 29.2 Å². The molecule has 2 aromatic rings. The predicted molar refractivity (Wildman–Crippen MR) is 142 cm³/mol. The number of carbonyl (C=O) groups is 1. The molecule has 1 saturated carbocycles. The minimum Gasteiger partial charge on any atom is -0.460 e. The smallest absolute Gasteiger partial charge is 0.302 e. The van der Waals surface area contributed by atoms with Crippen molar-refractivity contribution < 1.29 is 14.0 Å². The van der Waals surface area contributed by atoms with E-state index in [2.05, 4.69) is 78.7 Å². The molecule has 0 amide bonds. The molecule has 0 saturated heterocycles. The van der Waals surface area contributed by atoms with Gasteiger partial charge in [-0.1, -0.05) is 45.0 Å². The van der Waals surface area contributed by atoms with Crippen LogP contribution in [-0.4, -0.2) is 43.0 Å². The molecule has 0 bridgehead atoms. The maximum Gasteiger partial charge on any atom is 0.302 e. The molecule has 2 N–H and O–H groups in total. The van der Waals surface area contributed by atoms with Crippen molar-refractivity contribution in [3.05, 3.63) is 47.8 Å². The van der Waals surface area contributed by atoms with Crippen LogP contribution < -0.4 is 10.6 Å². The van der Waals surface area contributed by atoms with Gasteiger partial charge in [-0.15, -0.1) is 0 Å². The van der Waals surface area contributed by atoms with Gasteiger partial charge in [-0.2, -0.15) is 0 Å². The highest BCUT2D eigenvalue weighted by Gasteiger charge is 2.41. The first-order valence-corrected chi connectivity index (χ1v) is 15.7. The topological polar surface area (TPSA) is 85.4 Å². The maximum absolute atomic E-state index is 11.8. The quantitative estimate of drug-likeness (QED) is 0.357. The molecular weight excluding hydrogens is 456 g/mol. The normalized spacial score (nSPS) is 24.2. The summed E-state index contributed by atoms with van der Waals surface area (Å²) in [4.78, 5) is 20.7. The maximum atomic E-state index is 11.8. The van der Waals surface area contributed by atoms with Gasteiger partial charge in [0.05, 0.1) is 12.1 Å². The van der Waals surface area contributed by atoms with Crippen LogP contribution in [0.3, 0.4) is 0 Å². The predicted octanol–water partition coefficient (Wildman–Crippen LogP) is 5.72. The van der Waals surface area contributed by atoms with E-state index in [0.29, 0.717) is 12.5 Å². The lowest BCUT2D eigenvalue weighted by atomic mass is 10.1. The van der Waals surface area contributed by atoms with E-state index < -0.39 is 8.32 Å². The van der Waals surface area contributed by atoms with Gasteiger partial charge in [0.25, 0.3) is 0 Å². The van der Waals surface area contributed by atoms with Gasteiger partial charge >= 0.3 is 5.97 Å². The Labute approximate surface area is 210 Å². The Balaban J connectivity index is 1.41. The number of aromatic nitrogens is 2. The second-order valence-electron chi connectivity index (χ2n) is 11.5. The number of hydrogen-bond donors (Lipinski definition) is 2. The number of carbonyl (C=O) groups excluding carboxylic acids is 1. The fraction of sp³-hybridized carbons (Fsp3) is 0.593. The van der Waals surface area contributed by atoms with E-state index >= 15 is 0 Å². The lowest BCUT2D eigenvalue weighted by Crippen LogP contribution is -2.41. The van der Waals surface area contributed by atoms with Gasteiger partial charge in [0, 0.05) is 19.6 Å². The molecule has 2 aliphatic rings. The molecule has 35 heavy (non-hydrogen) atoms. The van der Waals surface area contributed by atoms with Crippen molar-refractivity contribution in [2.24, 2.45) is 5.92 Å². The first-order valence-electron chi connectivity index (χ1n) is 12.8. The van der Waals surface area contributed by atoms with Crippen molar-refractivity contribution in [3.8, 4) is 0 Å². The molecule has 1 aromatic heterocycles. The van der Waals surface area contributed by atoms with Crippen LogP contribution in [0.25, 0.3) is 0 Å². The summed E-state index contributed by atoms with van der Waals surface area (Å²) in [7, 11) is -1.83. The van der Waals surface area contributed by atoms with Gasteiger partial charge in [-0.05, 0) is 60.9 Å². The third-order valence-corrected chi connectivity index (χ3v) is 12.4. The molecule has 2 aliphatic carbocycles. The zero-order valence-corrected chi connectivity index (χ0v) is 22.9. The molecule has 0 radical (unpaired) electrons. The first kappa shape index (κ1) is 25.6. The average molecular weight is 497 g/mol. The Hall–Kier alpha value is -2.45. The molecule has 1 heterocycles. The summed E-state index contributed by atoms with van der Waals surface area (Å²) >= 11 is 0. The fourth-order valence-electron chi connectivity index (χ4n) is 4.86. The van der Waals surface area contributed by atoms with E-state index in [1.165, 1.54) is 18.1 Å². The van der Waals surface area contributed by atoms with Crippen molar-refractivity contribution in [2.75, 3.05) is 17.2 Å². The summed E-state index contributed by atoms with van der Waals surface area (Å²) in [6.45, 7) is 13.5. The van der Waals surface area contributed by atoms with Crippen molar-refractivity contribution >= 4 is 25.9 Å². The SMILES string of the molecule is CC(=O)OC1CC(CO[Si](C)(C)C(C)(C)C)CC1Nc1cc(N[C@H]2CCc3ccccc32)ncn1. The molecule has 0 aliphatic heterocycles. The van der Waals surface area contributed by atoms with Crippen LogP contribution in [0.15, 0.2) is 36.7 Å². The Bertz CT molecular complexity index is 1040. The van der Waals surface area contributed by atoms with E-state index in [0.717, 1.165) is 37.3 Å². The van der Waals surface area contributed by atoms with Crippen LogP contribution in [0.5, 0.6) is 0 Å². The number of nitrogens with one attached hydrogen (secondary N) is 2. The summed E-state index contributed by atoms with van der Waals surface area (Å²) in [5, 5.41) is 7.27. The van der Waals surface area contributed by atoms with E-state index in [9.17, 15) is 4.79 Å². The molecule has 0 spiro atoms. The van der Waals surface area contributed by atoms with Gasteiger partial charge < -0.3 is 19.8 Å². The lowest BCUT2D eigenvalue weighted by molar-refractivity contribution is -0.146. The second-order valence-corrected chi connectivity index (χ2v) is 16.3. The number of fused-ring (bicyclic) bond motifs is 1. The van der Waals surface area contributed by atoms with Crippen molar-refractivity contribution in [1.29, 1.82) is 0 Å². The molecule has 190 valence electrons. The molecule has 8 heteroatoms. The van der Waals surface area contributed by atoms with Crippen LogP contribution in [0.1, 0.15) is 64.1 Å². The number of anilines is 2. The Kier molecular flexibility index (Phi) is 7.52. The number of aryl methyl sites for hydroxylation is 1. The monoisotopic (exact) mass is 496 g/mol. The van der Waals surface area contributed by atoms with Crippen molar-refractivity contribution in [1.82, 2.24) is 9.97 Å². The molecular formula is C27H40N4O3Si. The van der Waals surface area contributed by atoms with Crippen LogP contribution in [-0.2, 0) is 20.4 Å². The number of ether oxygens (including phenoxy) is 1. The highest BCUT2D eigenvalue weighted by molar-refractivity contribution is 6.74. The van der Waals surface area contributed by atoms with Crippen LogP contribution in [0.2, 0.25) is 18.1 Å². The van der Waals surface area contributed by atoms with Gasteiger partial charge in [0.15, 0.2) is 8.32 Å². The van der Waals surface area contributed by atoms with Crippen LogP contribution >= 0.6 is 0 Å². The molecule has 4 atom stereocenters. The van der Waals surface area contributed by atoms with Gasteiger partial charge in [-0.3, -0.25) is 4.79 Å². The van der Waals surface area contributed by atoms with E-state index in [4.69, 9.17) is 9.16 Å². The number of benzene rings is 1. The standard InChI is InChI=1S/C27H40N4O3Si/c1-18(32)34-24-14-19(16-33-35(5,6)27(2,3)4)13-23(24)31-26-15-25(28-17-29-26)30-22-12-11-20-9-7-8-10-21(20)22/h7-10,15,17,19,22-24H,11-14,16H2,1-6H3,(H2,28,29,30,31)/t19?,22-,23?,24?/m0/s1. The van der Waals surface area contributed by atoms with Crippen molar-refractivity contribution in [3.63, 3.8) is 0 Å². The minimum atomic E-state index is -1.83. The first-order chi connectivity index (χ1) is 16.5. The molecule has 4 rings (SSSR count). The average Bonchev–Trinajstić information content (AvgIpc) is 3.35. The van der Waals surface area contributed by atoms with Crippen molar-refractivity contribution in [2.45, 2.75) is 89.7 Å². The minimum absolute atomic E-state index is 0.0122. The Morgan fingerprint density at radius 3 is 2.54 bits per heavy atom. The second kappa shape index (κ2) is 10.3. The Morgan fingerprint density at radius 1 is 1.11 bits per heavy atom. The third kappa shape index (κ3) is 6.22. The largest absolute Gasteiger partial charge is 0.460 e. The zero-order chi connectivity index (χ0) is 25.2. The number of hydrogen-bond acceptors (Lipinski definition) is 7. The number of rotatable bonds is 8. The summed E-state index contributed by atoms with van der Waals surface area (Å²) in [5.74, 6) is 1.61. The lowest BCUT2D eigenvalue weighted by Gasteiger charge is -2.37.